The quantitative estimate of drug-likeness (QED) is 0.307. The van der Waals surface area contributed by atoms with Crippen LogP contribution < -0.4 is 5.32 Å². The summed E-state index contributed by atoms with van der Waals surface area (Å²) in [5.74, 6) is 6.95. The molecule has 1 amide bonds. The highest BCUT2D eigenvalue weighted by Gasteiger charge is 2.25. The normalized spacial score (nSPS) is 13.3. The lowest BCUT2D eigenvalue weighted by Gasteiger charge is -2.27. The number of aromatic nitrogens is 4. The van der Waals surface area contributed by atoms with E-state index in [1.165, 1.54) is 12.0 Å². The number of rotatable bonds is 6. The molecule has 7 nitrogen and oxygen atoms in total. The molecule has 2 N–H and O–H groups in total. The van der Waals surface area contributed by atoms with Crippen molar-refractivity contribution in [2.75, 3.05) is 27.2 Å². The minimum Gasteiger partial charge on any atom is -0.351 e. The van der Waals surface area contributed by atoms with Gasteiger partial charge in [0, 0.05) is 52.9 Å². The van der Waals surface area contributed by atoms with Crippen molar-refractivity contribution in [3.05, 3.63) is 89.4 Å². The zero-order valence-electron chi connectivity index (χ0n) is 22.2. The predicted molar refractivity (Wildman–Crippen MR) is 155 cm³/mol. The highest BCUT2D eigenvalue weighted by molar-refractivity contribution is 6.10. The summed E-state index contributed by atoms with van der Waals surface area (Å²) >= 11 is 0. The number of H-pyrrole nitrogens is 1. The number of aromatic amines is 1. The van der Waals surface area contributed by atoms with E-state index in [2.05, 4.69) is 44.5 Å². The Morgan fingerprint density at radius 1 is 1.00 bits per heavy atom. The van der Waals surface area contributed by atoms with Gasteiger partial charge in [0.25, 0.3) is 5.91 Å². The molecule has 0 bridgehead atoms. The first-order valence-corrected chi connectivity index (χ1v) is 13.3. The molecule has 5 aromatic rings. The Hall–Kier alpha value is -4.54. The Balaban J connectivity index is 1.39. The van der Waals surface area contributed by atoms with Gasteiger partial charge in [-0.25, -0.2) is 4.98 Å². The summed E-state index contributed by atoms with van der Waals surface area (Å²) in [6, 6.07) is 17.8. The van der Waals surface area contributed by atoms with Crippen molar-refractivity contribution >= 4 is 27.7 Å². The topological polar surface area (TPSA) is 86.8 Å². The van der Waals surface area contributed by atoms with E-state index in [0.717, 1.165) is 63.7 Å². The zero-order chi connectivity index (χ0) is 26.8. The molecule has 0 unspecified atom stereocenters. The van der Waals surface area contributed by atoms with E-state index in [-0.39, 0.29) is 5.91 Å². The summed E-state index contributed by atoms with van der Waals surface area (Å²) < 4.78 is 0. The number of benzene rings is 2. The molecule has 2 aromatic carbocycles. The van der Waals surface area contributed by atoms with E-state index in [4.69, 9.17) is 4.98 Å². The van der Waals surface area contributed by atoms with Gasteiger partial charge in [-0.3, -0.25) is 14.9 Å². The van der Waals surface area contributed by atoms with Crippen LogP contribution in [0.15, 0.2) is 67.0 Å². The average molecular weight is 515 g/mol. The van der Waals surface area contributed by atoms with E-state index < -0.39 is 0 Å². The number of likely N-dealkylation sites (N-methyl/N-ethyl adjacent to an activating group) is 1. The summed E-state index contributed by atoms with van der Waals surface area (Å²) in [5, 5.41) is 12.8. The number of hydrogen-bond donors (Lipinski definition) is 2. The van der Waals surface area contributed by atoms with Crippen molar-refractivity contribution in [1.82, 2.24) is 30.4 Å². The second-order valence-corrected chi connectivity index (χ2v) is 10.3. The van der Waals surface area contributed by atoms with E-state index in [1.807, 2.05) is 61.5 Å². The van der Waals surface area contributed by atoms with Gasteiger partial charge in [-0.15, -0.1) is 0 Å². The van der Waals surface area contributed by atoms with Crippen molar-refractivity contribution in [1.29, 1.82) is 0 Å². The maximum Gasteiger partial charge on any atom is 0.251 e. The molecule has 0 saturated heterocycles. The lowest BCUT2D eigenvalue weighted by Crippen LogP contribution is -2.31. The predicted octanol–water partition coefficient (Wildman–Crippen LogP) is 5.13. The Labute approximate surface area is 227 Å². The first-order valence-electron chi connectivity index (χ1n) is 13.3. The maximum atomic E-state index is 12.5. The van der Waals surface area contributed by atoms with Crippen molar-refractivity contribution < 1.29 is 4.79 Å². The highest BCUT2D eigenvalue weighted by atomic mass is 16.1. The molecule has 194 valence electrons. The highest BCUT2D eigenvalue weighted by Crippen LogP contribution is 2.43. The summed E-state index contributed by atoms with van der Waals surface area (Å²) in [6.45, 7) is 1.41. The van der Waals surface area contributed by atoms with Crippen LogP contribution in [0.4, 0.5) is 0 Å². The van der Waals surface area contributed by atoms with Gasteiger partial charge in [0.15, 0.2) is 0 Å². The lowest BCUT2D eigenvalue weighted by molar-refractivity contribution is 0.0951. The van der Waals surface area contributed by atoms with Gasteiger partial charge in [-0.2, -0.15) is 5.10 Å². The number of nitrogens with zero attached hydrogens (tertiary/aromatic N) is 4. The third kappa shape index (κ3) is 5.12. The number of carbonyl (C=O) groups excluding carboxylic acids is 1. The fraction of sp³-hybridized carbons (Fsp3) is 0.250. The molecule has 1 aliphatic rings. The van der Waals surface area contributed by atoms with Gasteiger partial charge in [0.2, 0.25) is 0 Å². The largest absolute Gasteiger partial charge is 0.351 e. The van der Waals surface area contributed by atoms with Gasteiger partial charge < -0.3 is 10.2 Å². The number of pyridine rings is 2. The van der Waals surface area contributed by atoms with Crippen LogP contribution in [0.2, 0.25) is 0 Å². The Morgan fingerprint density at radius 3 is 2.49 bits per heavy atom. The molecule has 7 heteroatoms. The summed E-state index contributed by atoms with van der Waals surface area (Å²) in [6.07, 6.45) is 7.05. The summed E-state index contributed by atoms with van der Waals surface area (Å²) in [4.78, 5) is 23.7. The summed E-state index contributed by atoms with van der Waals surface area (Å²) in [5.41, 5.74) is 7.38. The summed E-state index contributed by atoms with van der Waals surface area (Å²) in [7, 11) is 3.98. The van der Waals surface area contributed by atoms with E-state index in [9.17, 15) is 4.79 Å². The standard InChI is InChI=1S/C32H30N6O/c1-38(2)19-18-34-32(39)24-9-7-23(8-10-24)29-20-25(22-4-3-5-22)30-26(35-29)12-13-28-31(30)27(36-37-28)11-6-21-14-16-33-17-15-21/h7-10,12-17,20,22H,3-5,18-19H2,1-2H3,(H,34,39)(H,36,37). The van der Waals surface area contributed by atoms with Crippen LogP contribution in [0.3, 0.4) is 0 Å². The van der Waals surface area contributed by atoms with E-state index in [1.54, 1.807) is 12.4 Å². The molecular weight excluding hydrogens is 484 g/mol. The van der Waals surface area contributed by atoms with Gasteiger partial charge in [0.05, 0.1) is 16.7 Å². The Bertz CT molecular complexity index is 1710. The van der Waals surface area contributed by atoms with E-state index in [0.29, 0.717) is 18.0 Å². The van der Waals surface area contributed by atoms with E-state index >= 15 is 0 Å². The third-order valence-corrected chi connectivity index (χ3v) is 7.37. The molecule has 1 aliphatic carbocycles. The number of carbonyl (C=O) groups is 1. The van der Waals surface area contributed by atoms with Crippen molar-refractivity contribution in [2.24, 2.45) is 0 Å². The first kappa shape index (κ1) is 24.8. The minimum atomic E-state index is -0.0622. The molecule has 6 rings (SSSR count). The molecule has 0 aliphatic heterocycles. The maximum absolute atomic E-state index is 12.5. The Morgan fingerprint density at radius 2 is 1.77 bits per heavy atom. The van der Waals surface area contributed by atoms with Crippen LogP contribution in [0, 0.1) is 11.8 Å². The van der Waals surface area contributed by atoms with Crippen LogP contribution in [0.1, 0.15) is 52.4 Å². The van der Waals surface area contributed by atoms with Gasteiger partial charge in [-0.1, -0.05) is 24.5 Å². The van der Waals surface area contributed by atoms with Crippen LogP contribution in [-0.2, 0) is 0 Å². The van der Waals surface area contributed by atoms with Crippen LogP contribution in [0.5, 0.6) is 0 Å². The van der Waals surface area contributed by atoms with Gasteiger partial charge >= 0.3 is 0 Å². The molecule has 0 spiro atoms. The van der Waals surface area contributed by atoms with Crippen LogP contribution >= 0.6 is 0 Å². The molecular formula is C32H30N6O. The first-order chi connectivity index (χ1) is 19.1. The number of fused-ring (bicyclic) bond motifs is 3. The molecule has 39 heavy (non-hydrogen) atoms. The molecule has 1 saturated carbocycles. The molecule has 3 heterocycles. The zero-order valence-corrected chi connectivity index (χ0v) is 22.2. The van der Waals surface area contributed by atoms with Crippen molar-refractivity contribution in [2.45, 2.75) is 25.2 Å². The number of amides is 1. The molecule has 1 fully saturated rings. The lowest BCUT2D eigenvalue weighted by atomic mass is 9.78. The number of nitrogens with one attached hydrogen (secondary N) is 2. The average Bonchev–Trinajstić information content (AvgIpc) is 3.34. The smallest absolute Gasteiger partial charge is 0.251 e. The van der Waals surface area contributed by atoms with Gasteiger partial charge in [-0.05, 0) is 86.8 Å². The van der Waals surface area contributed by atoms with Crippen molar-refractivity contribution in [3.63, 3.8) is 0 Å². The molecule has 0 atom stereocenters. The second kappa shape index (κ2) is 10.7. The third-order valence-electron chi connectivity index (χ3n) is 7.37. The minimum absolute atomic E-state index is 0.0622. The van der Waals surface area contributed by atoms with Crippen molar-refractivity contribution in [3.8, 4) is 23.1 Å². The monoisotopic (exact) mass is 514 g/mol. The van der Waals surface area contributed by atoms with Crippen LogP contribution in [-0.4, -0.2) is 58.2 Å². The molecule has 0 radical (unpaired) electrons. The SMILES string of the molecule is CN(C)CCNC(=O)c1ccc(-c2cc(C3CCC3)c3c(ccc4n[nH]c(C#Cc5ccncc5)c43)n2)cc1. The van der Waals surface area contributed by atoms with Gasteiger partial charge in [0.1, 0.15) is 5.69 Å². The second-order valence-electron chi connectivity index (χ2n) is 10.3. The number of hydrogen-bond acceptors (Lipinski definition) is 5. The van der Waals surface area contributed by atoms with Crippen LogP contribution in [0.25, 0.3) is 33.1 Å². The Kier molecular flexibility index (Phi) is 6.78. The fourth-order valence-electron chi connectivity index (χ4n) is 5.00. The fourth-order valence-corrected chi connectivity index (χ4v) is 5.00. The molecule has 3 aromatic heterocycles.